The summed E-state index contributed by atoms with van der Waals surface area (Å²) in [5.41, 5.74) is 5.82. The van der Waals surface area contributed by atoms with Gasteiger partial charge in [0.1, 0.15) is 0 Å². The van der Waals surface area contributed by atoms with Gasteiger partial charge in [0.05, 0.1) is 12.1 Å². The minimum atomic E-state index is -4.33. The van der Waals surface area contributed by atoms with Gasteiger partial charge in [0.15, 0.2) is 0 Å². The van der Waals surface area contributed by atoms with Crippen LogP contribution in [0.4, 0.5) is 18.9 Å². The molecule has 0 saturated carbocycles. The molecule has 1 amide bonds. The number of benzene rings is 1. The van der Waals surface area contributed by atoms with Crippen LogP contribution in [0.2, 0.25) is 0 Å². The first-order valence-electron chi connectivity index (χ1n) is 5.15. The Kier molecular flexibility index (Phi) is 2.82. The summed E-state index contributed by atoms with van der Waals surface area (Å²) < 4.78 is 37.8. The van der Waals surface area contributed by atoms with Crippen LogP contribution in [-0.4, -0.2) is 12.5 Å². The molecule has 0 bridgehead atoms. The number of carbonyl (C=O) groups is 1. The zero-order valence-electron chi connectivity index (χ0n) is 8.90. The van der Waals surface area contributed by atoms with Crippen LogP contribution in [0.5, 0.6) is 0 Å². The van der Waals surface area contributed by atoms with E-state index in [0.29, 0.717) is 24.1 Å². The van der Waals surface area contributed by atoms with Crippen LogP contribution in [0.25, 0.3) is 0 Å². The summed E-state index contributed by atoms with van der Waals surface area (Å²) in [7, 11) is 0. The van der Waals surface area contributed by atoms with Gasteiger partial charge >= 0.3 is 6.18 Å². The number of nitrogens with two attached hydrogens (primary N) is 1. The number of halogens is 3. The van der Waals surface area contributed by atoms with Crippen LogP contribution in [0.3, 0.4) is 0 Å². The number of carbonyl (C=O) groups excluding carboxylic acids is 1. The maximum Gasteiger partial charge on any atom is 0.416 e. The van der Waals surface area contributed by atoms with Crippen molar-refractivity contribution in [1.82, 2.24) is 0 Å². The van der Waals surface area contributed by atoms with Crippen LogP contribution in [0, 0.1) is 0 Å². The van der Waals surface area contributed by atoms with E-state index < -0.39 is 17.6 Å². The van der Waals surface area contributed by atoms with E-state index >= 15 is 0 Å². The monoisotopic (exact) mass is 244 g/mol. The molecule has 1 aromatic carbocycles. The SMILES string of the molecule is NCC(=O)Nc1ccc(C(F)(F)F)c2c1CC2. The van der Waals surface area contributed by atoms with Gasteiger partial charge in [-0.15, -0.1) is 0 Å². The zero-order valence-corrected chi connectivity index (χ0v) is 8.90. The van der Waals surface area contributed by atoms with E-state index in [1.807, 2.05) is 0 Å². The summed E-state index contributed by atoms with van der Waals surface area (Å²) in [5, 5.41) is 2.50. The number of rotatable bonds is 2. The maximum absolute atomic E-state index is 12.6. The Morgan fingerprint density at radius 1 is 1.29 bits per heavy atom. The standard InChI is InChI=1S/C11H11F3N2O/c12-11(13,14)8-3-4-9(16-10(17)5-15)7-2-1-6(7)8/h3-4H,1-2,5,15H2,(H,16,17). The molecule has 92 valence electrons. The molecule has 1 aliphatic carbocycles. The van der Waals surface area contributed by atoms with Crippen molar-refractivity contribution in [3.8, 4) is 0 Å². The molecule has 1 aromatic rings. The highest BCUT2D eigenvalue weighted by molar-refractivity contribution is 5.93. The van der Waals surface area contributed by atoms with E-state index in [4.69, 9.17) is 5.73 Å². The van der Waals surface area contributed by atoms with Gasteiger partial charge in [-0.1, -0.05) is 0 Å². The lowest BCUT2D eigenvalue weighted by molar-refractivity contribution is -0.138. The fourth-order valence-corrected chi connectivity index (χ4v) is 1.92. The fraction of sp³-hybridized carbons (Fsp3) is 0.364. The zero-order chi connectivity index (χ0) is 12.6. The van der Waals surface area contributed by atoms with Crippen LogP contribution in [0.1, 0.15) is 16.7 Å². The number of hydrogen-bond acceptors (Lipinski definition) is 2. The van der Waals surface area contributed by atoms with E-state index in [9.17, 15) is 18.0 Å². The molecule has 1 aliphatic rings. The molecule has 0 radical (unpaired) electrons. The average molecular weight is 244 g/mol. The topological polar surface area (TPSA) is 55.1 Å². The van der Waals surface area contributed by atoms with Crippen molar-refractivity contribution < 1.29 is 18.0 Å². The second-order valence-corrected chi connectivity index (χ2v) is 3.87. The van der Waals surface area contributed by atoms with Crippen LogP contribution < -0.4 is 11.1 Å². The summed E-state index contributed by atoms with van der Waals surface area (Å²) >= 11 is 0. The lowest BCUT2D eigenvalue weighted by Gasteiger charge is -2.26. The molecule has 3 nitrogen and oxygen atoms in total. The average Bonchev–Trinajstić information content (AvgIpc) is 2.18. The Hall–Kier alpha value is -1.56. The second-order valence-electron chi connectivity index (χ2n) is 3.87. The van der Waals surface area contributed by atoms with Gasteiger partial charge in [-0.05, 0) is 36.1 Å². The molecular formula is C11H11F3N2O. The number of nitrogens with one attached hydrogen (secondary N) is 1. The van der Waals surface area contributed by atoms with Gasteiger partial charge in [-0.25, -0.2) is 0 Å². The molecule has 2 rings (SSSR count). The Morgan fingerprint density at radius 2 is 1.94 bits per heavy atom. The van der Waals surface area contributed by atoms with E-state index in [1.54, 1.807) is 0 Å². The van der Waals surface area contributed by atoms with Crippen molar-refractivity contribution in [1.29, 1.82) is 0 Å². The predicted molar refractivity (Wildman–Crippen MR) is 56.5 cm³/mol. The highest BCUT2D eigenvalue weighted by Gasteiger charge is 2.37. The summed E-state index contributed by atoms with van der Waals surface area (Å²) in [5.74, 6) is -0.404. The maximum atomic E-state index is 12.6. The third kappa shape index (κ3) is 2.12. The molecule has 0 saturated heterocycles. The number of alkyl halides is 3. The van der Waals surface area contributed by atoms with E-state index in [2.05, 4.69) is 5.32 Å². The Bertz CT molecular complexity index is 469. The molecule has 0 fully saturated rings. The molecule has 0 unspecified atom stereocenters. The lowest BCUT2D eigenvalue weighted by atomic mass is 9.83. The van der Waals surface area contributed by atoms with Crippen molar-refractivity contribution in [3.05, 3.63) is 28.8 Å². The molecule has 6 heteroatoms. The van der Waals surface area contributed by atoms with Crippen molar-refractivity contribution in [2.75, 3.05) is 11.9 Å². The highest BCUT2D eigenvalue weighted by atomic mass is 19.4. The van der Waals surface area contributed by atoms with Crippen molar-refractivity contribution in [2.45, 2.75) is 19.0 Å². The summed E-state index contributed by atoms with van der Waals surface area (Å²) in [4.78, 5) is 11.1. The minimum Gasteiger partial charge on any atom is -0.325 e. The quantitative estimate of drug-likeness (QED) is 0.832. The summed E-state index contributed by atoms with van der Waals surface area (Å²) in [6, 6.07) is 2.29. The van der Waals surface area contributed by atoms with Crippen molar-refractivity contribution >= 4 is 11.6 Å². The van der Waals surface area contributed by atoms with Gasteiger partial charge in [0, 0.05) is 5.69 Å². The van der Waals surface area contributed by atoms with Gasteiger partial charge in [0.25, 0.3) is 0 Å². The third-order valence-electron chi connectivity index (χ3n) is 2.82. The first-order chi connectivity index (χ1) is 7.93. The number of anilines is 1. The molecule has 0 spiro atoms. The minimum absolute atomic E-state index is 0.185. The summed E-state index contributed by atoms with van der Waals surface area (Å²) in [6.45, 7) is -0.185. The van der Waals surface area contributed by atoms with E-state index in [-0.39, 0.29) is 12.1 Å². The van der Waals surface area contributed by atoms with E-state index in [1.165, 1.54) is 6.07 Å². The van der Waals surface area contributed by atoms with Crippen molar-refractivity contribution in [2.24, 2.45) is 5.73 Å². The molecular weight excluding hydrogens is 233 g/mol. The molecule has 0 aromatic heterocycles. The van der Waals surface area contributed by atoms with Gasteiger partial charge < -0.3 is 11.1 Å². The predicted octanol–water partition coefficient (Wildman–Crippen LogP) is 1.70. The molecule has 0 atom stereocenters. The Morgan fingerprint density at radius 3 is 2.41 bits per heavy atom. The first-order valence-corrected chi connectivity index (χ1v) is 5.15. The third-order valence-corrected chi connectivity index (χ3v) is 2.82. The summed E-state index contributed by atoms with van der Waals surface area (Å²) in [6.07, 6.45) is -3.38. The van der Waals surface area contributed by atoms with Crippen LogP contribution in [0.15, 0.2) is 12.1 Å². The normalized spacial score (nSPS) is 13.9. The fourth-order valence-electron chi connectivity index (χ4n) is 1.92. The number of fused-ring (bicyclic) bond motifs is 1. The molecule has 17 heavy (non-hydrogen) atoms. The largest absolute Gasteiger partial charge is 0.416 e. The molecule has 0 aliphatic heterocycles. The second kappa shape index (κ2) is 4.03. The van der Waals surface area contributed by atoms with Gasteiger partial charge in [-0.3, -0.25) is 4.79 Å². The molecule has 3 N–H and O–H groups in total. The van der Waals surface area contributed by atoms with Gasteiger partial charge in [0.2, 0.25) is 5.91 Å². The smallest absolute Gasteiger partial charge is 0.325 e. The lowest BCUT2D eigenvalue weighted by Crippen LogP contribution is -2.25. The molecule has 0 heterocycles. The van der Waals surface area contributed by atoms with Crippen LogP contribution in [-0.2, 0) is 23.8 Å². The van der Waals surface area contributed by atoms with Crippen LogP contribution >= 0.6 is 0 Å². The first kappa shape index (κ1) is 11.9. The van der Waals surface area contributed by atoms with Gasteiger partial charge in [-0.2, -0.15) is 13.2 Å². The van der Waals surface area contributed by atoms with Crippen molar-refractivity contribution in [3.63, 3.8) is 0 Å². The number of amides is 1. The Balaban J connectivity index is 2.35. The van der Waals surface area contributed by atoms with E-state index in [0.717, 1.165) is 6.07 Å². The highest BCUT2D eigenvalue weighted by Crippen LogP contribution is 2.40. The Labute approximate surface area is 95.8 Å². The number of hydrogen-bond donors (Lipinski definition) is 2.